The first kappa shape index (κ1) is 16.2. The molecule has 19 heavy (non-hydrogen) atoms. The van der Waals surface area contributed by atoms with Crippen LogP contribution in [0.4, 0.5) is 0 Å². The van der Waals surface area contributed by atoms with Crippen molar-refractivity contribution in [3.63, 3.8) is 0 Å². The Morgan fingerprint density at radius 1 is 1.11 bits per heavy atom. The Morgan fingerprint density at radius 3 is 2.26 bits per heavy atom. The molecule has 1 aromatic heterocycles. The highest BCUT2D eigenvalue weighted by Crippen LogP contribution is 2.18. The number of nitrogens with zero attached hydrogens (tertiary/aromatic N) is 2. The van der Waals surface area contributed by atoms with Gasteiger partial charge in [0.1, 0.15) is 0 Å². The number of aryl methyl sites for hydroxylation is 1. The molecular weight excluding hydrogens is 234 g/mol. The van der Waals surface area contributed by atoms with Crippen LogP contribution in [0.5, 0.6) is 0 Å². The molecule has 0 spiro atoms. The van der Waals surface area contributed by atoms with Gasteiger partial charge in [-0.15, -0.1) is 0 Å². The maximum absolute atomic E-state index is 4.44. The van der Waals surface area contributed by atoms with Crippen molar-refractivity contribution in [1.29, 1.82) is 0 Å². The lowest BCUT2D eigenvalue weighted by atomic mass is 10.0. The summed E-state index contributed by atoms with van der Waals surface area (Å²) in [4.78, 5) is 4.44. The van der Waals surface area contributed by atoms with Crippen LogP contribution >= 0.6 is 0 Å². The largest absolute Gasteiger partial charge is 0.340 e. The van der Waals surface area contributed by atoms with Crippen molar-refractivity contribution in [3.8, 4) is 0 Å². The minimum Gasteiger partial charge on any atom is -0.340 e. The molecule has 1 atom stereocenters. The van der Waals surface area contributed by atoms with E-state index in [-0.39, 0.29) is 0 Å². The Labute approximate surface area is 118 Å². The number of rotatable bonds is 11. The zero-order valence-electron chi connectivity index (χ0n) is 13.0. The Kier molecular flexibility index (Phi) is 8.55. The maximum atomic E-state index is 4.44. The van der Waals surface area contributed by atoms with Gasteiger partial charge in [-0.05, 0) is 13.5 Å². The highest BCUT2D eigenvalue weighted by atomic mass is 15.0. The molecule has 0 bridgehead atoms. The van der Waals surface area contributed by atoms with Crippen LogP contribution < -0.4 is 5.32 Å². The maximum Gasteiger partial charge on any atom is 0.0947 e. The van der Waals surface area contributed by atoms with Crippen molar-refractivity contribution < 1.29 is 0 Å². The first-order valence-electron chi connectivity index (χ1n) is 7.93. The van der Waals surface area contributed by atoms with E-state index in [1.165, 1.54) is 63.5 Å². The standard InChI is InChI=1S/C16H31N3/c1-4-5-6-7-8-9-10-11-12-15(17-2)16-13-19(3)14-18-16/h13-15,17H,4-12H2,1-3H3. The van der Waals surface area contributed by atoms with E-state index in [2.05, 4.69) is 23.4 Å². The summed E-state index contributed by atoms with van der Waals surface area (Å²) in [5, 5.41) is 3.37. The molecule has 1 N–H and O–H groups in total. The molecule has 0 aromatic carbocycles. The van der Waals surface area contributed by atoms with Gasteiger partial charge in [0.2, 0.25) is 0 Å². The van der Waals surface area contributed by atoms with Gasteiger partial charge in [-0.1, -0.05) is 58.3 Å². The summed E-state index contributed by atoms with van der Waals surface area (Å²) in [6.07, 6.45) is 16.2. The average Bonchev–Trinajstić information content (AvgIpc) is 2.83. The fourth-order valence-corrected chi connectivity index (χ4v) is 2.54. The number of aromatic nitrogens is 2. The summed E-state index contributed by atoms with van der Waals surface area (Å²) in [5.74, 6) is 0. The van der Waals surface area contributed by atoms with E-state index in [1.807, 2.05) is 25.0 Å². The van der Waals surface area contributed by atoms with Crippen LogP contribution in [0.3, 0.4) is 0 Å². The van der Waals surface area contributed by atoms with Crippen molar-refractivity contribution in [2.75, 3.05) is 7.05 Å². The summed E-state index contributed by atoms with van der Waals surface area (Å²) in [6, 6.07) is 0.418. The smallest absolute Gasteiger partial charge is 0.0947 e. The Bertz CT molecular complexity index is 320. The van der Waals surface area contributed by atoms with Gasteiger partial charge in [0.15, 0.2) is 0 Å². The normalized spacial score (nSPS) is 12.8. The molecule has 3 heteroatoms. The molecule has 0 aliphatic carbocycles. The lowest BCUT2D eigenvalue weighted by molar-refractivity contribution is 0.487. The molecule has 110 valence electrons. The first-order valence-corrected chi connectivity index (χ1v) is 7.93. The molecule has 3 nitrogen and oxygen atoms in total. The van der Waals surface area contributed by atoms with E-state index in [1.54, 1.807) is 0 Å². The number of hydrogen-bond acceptors (Lipinski definition) is 2. The van der Waals surface area contributed by atoms with Gasteiger partial charge in [0.25, 0.3) is 0 Å². The van der Waals surface area contributed by atoms with Crippen molar-refractivity contribution >= 4 is 0 Å². The molecule has 1 rings (SSSR count). The molecule has 1 heterocycles. The Hall–Kier alpha value is -0.830. The van der Waals surface area contributed by atoms with Crippen LogP contribution in [0, 0.1) is 0 Å². The summed E-state index contributed by atoms with van der Waals surface area (Å²) >= 11 is 0. The number of unbranched alkanes of at least 4 members (excludes halogenated alkanes) is 7. The zero-order chi connectivity index (χ0) is 13.9. The van der Waals surface area contributed by atoms with Gasteiger partial charge in [0.05, 0.1) is 18.1 Å². The van der Waals surface area contributed by atoms with Crippen LogP contribution in [0.1, 0.15) is 76.4 Å². The van der Waals surface area contributed by atoms with Gasteiger partial charge in [-0.3, -0.25) is 0 Å². The Balaban J connectivity index is 2.07. The molecule has 0 aliphatic rings. The topological polar surface area (TPSA) is 29.9 Å². The molecule has 1 unspecified atom stereocenters. The van der Waals surface area contributed by atoms with Crippen LogP contribution in [-0.4, -0.2) is 16.6 Å². The SMILES string of the molecule is CCCCCCCCCCC(NC)c1cn(C)cn1. The van der Waals surface area contributed by atoms with E-state index in [0.717, 1.165) is 0 Å². The van der Waals surface area contributed by atoms with Gasteiger partial charge in [-0.2, -0.15) is 0 Å². The second-order valence-electron chi connectivity index (χ2n) is 5.57. The van der Waals surface area contributed by atoms with Crippen molar-refractivity contribution in [1.82, 2.24) is 14.9 Å². The molecule has 0 amide bonds. The summed E-state index contributed by atoms with van der Waals surface area (Å²) < 4.78 is 2.02. The summed E-state index contributed by atoms with van der Waals surface area (Å²) in [7, 11) is 4.06. The monoisotopic (exact) mass is 265 g/mol. The van der Waals surface area contributed by atoms with E-state index in [0.29, 0.717) is 6.04 Å². The average molecular weight is 265 g/mol. The van der Waals surface area contributed by atoms with Gasteiger partial charge >= 0.3 is 0 Å². The fourth-order valence-electron chi connectivity index (χ4n) is 2.54. The van der Waals surface area contributed by atoms with Gasteiger partial charge < -0.3 is 9.88 Å². The van der Waals surface area contributed by atoms with Crippen molar-refractivity contribution in [2.24, 2.45) is 7.05 Å². The van der Waals surface area contributed by atoms with Crippen LogP contribution in [0.2, 0.25) is 0 Å². The van der Waals surface area contributed by atoms with Gasteiger partial charge in [0, 0.05) is 13.2 Å². The molecule has 0 saturated heterocycles. The van der Waals surface area contributed by atoms with E-state index < -0.39 is 0 Å². The van der Waals surface area contributed by atoms with Crippen LogP contribution in [-0.2, 0) is 7.05 Å². The van der Waals surface area contributed by atoms with Crippen LogP contribution in [0.25, 0.3) is 0 Å². The number of hydrogen-bond donors (Lipinski definition) is 1. The quantitative estimate of drug-likeness (QED) is 0.607. The third-order valence-corrected chi connectivity index (χ3v) is 3.78. The summed E-state index contributed by atoms with van der Waals surface area (Å²) in [6.45, 7) is 2.27. The second-order valence-corrected chi connectivity index (χ2v) is 5.57. The molecule has 0 saturated carbocycles. The number of nitrogens with one attached hydrogen (secondary N) is 1. The zero-order valence-corrected chi connectivity index (χ0v) is 13.0. The van der Waals surface area contributed by atoms with Gasteiger partial charge in [-0.25, -0.2) is 4.98 Å². The highest BCUT2D eigenvalue weighted by Gasteiger charge is 2.10. The molecular formula is C16H31N3. The van der Waals surface area contributed by atoms with E-state index >= 15 is 0 Å². The lowest BCUT2D eigenvalue weighted by Gasteiger charge is -2.13. The molecule has 1 aromatic rings. The van der Waals surface area contributed by atoms with Crippen LogP contribution in [0.15, 0.2) is 12.5 Å². The fraction of sp³-hybridized carbons (Fsp3) is 0.812. The third kappa shape index (κ3) is 6.76. The molecule has 0 fully saturated rings. The van der Waals surface area contributed by atoms with E-state index in [9.17, 15) is 0 Å². The van der Waals surface area contributed by atoms with E-state index in [4.69, 9.17) is 0 Å². The summed E-state index contributed by atoms with van der Waals surface area (Å²) in [5.41, 5.74) is 1.17. The number of imidazole rings is 1. The van der Waals surface area contributed by atoms with Crippen molar-refractivity contribution in [3.05, 3.63) is 18.2 Å². The predicted octanol–water partition coefficient (Wildman–Crippen LogP) is 4.21. The van der Waals surface area contributed by atoms with Crippen molar-refractivity contribution in [2.45, 2.75) is 70.8 Å². The minimum absolute atomic E-state index is 0.418. The minimum atomic E-state index is 0.418. The predicted molar refractivity (Wildman–Crippen MR) is 82.2 cm³/mol. The highest BCUT2D eigenvalue weighted by molar-refractivity contribution is 5.03. The third-order valence-electron chi connectivity index (χ3n) is 3.78. The Morgan fingerprint density at radius 2 is 1.74 bits per heavy atom. The first-order chi connectivity index (χ1) is 9.27. The lowest BCUT2D eigenvalue weighted by Crippen LogP contribution is -2.16. The second kappa shape index (κ2) is 10.0. The molecule has 0 aliphatic heterocycles. The molecule has 0 radical (unpaired) electrons.